The van der Waals surface area contributed by atoms with E-state index in [9.17, 15) is 14.0 Å². The van der Waals surface area contributed by atoms with Gasteiger partial charge in [-0.25, -0.2) is 4.39 Å². The number of halogens is 1. The van der Waals surface area contributed by atoms with Crippen LogP contribution in [0.4, 0.5) is 4.39 Å². The zero-order valence-electron chi connectivity index (χ0n) is 18.0. The highest BCUT2D eigenvalue weighted by Gasteiger charge is 2.29. The van der Waals surface area contributed by atoms with E-state index in [2.05, 4.69) is 5.32 Å². The van der Waals surface area contributed by atoms with Crippen LogP contribution in [0.2, 0.25) is 0 Å². The zero-order valence-corrected chi connectivity index (χ0v) is 18.0. The van der Waals surface area contributed by atoms with Crippen molar-refractivity contribution in [3.05, 3.63) is 59.9 Å². The van der Waals surface area contributed by atoms with Gasteiger partial charge in [-0.1, -0.05) is 43.2 Å². The van der Waals surface area contributed by atoms with Gasteiger partial charge < -0.3 is 19.7 Å². The quantitative estimate of drug-likeness (QED) is 0.662. The van der Waals surface area contributed by atoms with Crippen LogP contribution in [0.25, 0.3) is 0 Å². The van der Waals surface area contributed by atoms with Crippen LogP contribution in [0.1, 0.15) is 38.2 Å². The van der Waals surface area contributed by atoms with E-state index in [1.54, 1.807) is 49.4 Å². The summed E-state index contributed by atoms with van der Waals surface area (Å²) in [5, 5.41) is 3.02. The summed E-state index contributed by atoms with van der Waals surface area (Å²) in [5.74, 6) is -0.151. The molecule has 1 N–H and O–H groups in total. The third kappa shape index (κ3) is 5.96. The Kier molecular flexibility index (Phi) is 7.87. The lowest BCUT2D eigenvalue weighted by atomic mass is 10.1. The Hall–Kier alpha value is -3.09. The first kappa shape index (κ1) is 22.6. The molecule has 0 bridgehead atoms. The van der Waals surface area contributed by atoms with E-state index in [-0.39, 0.29) is 25.1 Å². The van der Waals surface area contributed by atoms with Gasteiger partial charge >= 0.3 is 0 Å². The van der Waals surface area contributed by atoms with E-state index in [0.717, 1.165) is 25.7 Å². The SMILES string of the molecule is COc1ccccc1OCC(=O)N(Cc1ccccc1F)C(C)C(=O)NC1CCCC1. The van der Waals surface area contributed by atoms with Crippen molar-refractivity contribution in [2.45, 2.75) is 51.2 Å². The Balaban J connectivity index is 1.74. The molecule has 6 nitrogen and oxygen atoms in total. The molecule has 2 aromatic carbocycles. The topological polar surface area (TPSA) is 67.9 Å². The number of carbonyl (C=O) groups is 2. The highest BCUT2D eigenvalue weighted by atomic mass is 19.1. The maximum Gasteiger partial charge on any atom is 0.261 e. The van der Waals surface area contributed by atoms with Crippen molar-refractivity contribution in [3.63, 3.8) is 0 Å². The van der Waals surface area contributed by atoms with Gasteiger partial charge in [-0.2, -0.15) is 0 Å². The molecular weight excluding hydrogens is 399 g/mol. The second kappa shape index (κ2) is 10.8. The number of nitrogens with one attached hydrogen (secondary N) is 1. The molecule has 1 fully saturated rings. The second-order valence-corrected chi connectivity index (χ2v) is 7.72. The first-order valence-corrected chi connectivity index (χ1v) is 10.6. The molecule has 31 heavy (non-hydrogen) atoms. The fourth-order valence-corrected chi connectivity index (χ4v) is 3.75. The van der Waals surface area contributed by atoms with Crippen molar-refractivity contribution in [1.29, 1.82) is 0 Å². The van der Waals surface area contributed by atoms with Crippen LogP contribution in [0.15, 0.2) is 48.5 Å². The van der Waals surface area contributed by atoms with E-state index in [4.69, 9.17) is 9.47 Å². The van der Waals surface area contributed by atoms with E-state index < -0.39 is 17.8 Å². The maximum absolute atomic E-state index is 14.3. The van der Waals surface area contributed by atoms with Crippen LogP contribution < -0.4 is 14.8 Å². The summed E-state index contributed by atoms with van der Waals surface area (Å²) in [6.07, 6.45) is 4.06. The smallest absolute Gasteiger partial charge is 0.261 e. The van der Waals surface area contributed by atoms with Crippen LogP contribution in [-0.2, 0) is 16.1 Å². The molecule has 2 amide bonds. The molecule has 1 aliphatic carbocycles. The third-order valence-electron chi connectivity index (χ3n) is 5.59. The molecule has 0 heterocycles. The molecule has 0 aliphatic heterocycles. The normalized spacial score (nSPS) is 14.7. The Morgan fingerprint density at radius 2 is 1.74 bits per heavy atom. The van der Waals surface area contributed by atoms with Crippen molar-refractivity contribution in [3.8, 4) is 11.5 Å². The van der Waals surface area contributed by atoms with Crippen molar-refractivity contribution < 1.29 is 23.5 Å². The molecule has 0 spiro atoms. The van der Waals surface area contributed by atoms with E-state index >= 15 is 0 Å². The largest absolute Gasteiger partial charge is 0.493 e. The number of amides is 2. The third-order valence-corrected chi connectivity index (χ3v) is 5.59. The zero-order chi connectivity index (χ0) is 22.2. The average molecular weight is 429 g/mol. The number of methoxy groups -OCH3 is 1. The molecule has 0 saturated heterocycles. The minimum Gasteiger partial charge on any atom is -0.493 e. The van der Waals surface area contributed by atoms with Crippen molar-refractivity contribution in [2.75, 3.05) is 13.7 Å². The second-order valence-electron chi connectivity index (χ2n) is 7.72. The van der Waals surface area contributed by atoms with Crippen LogP contribution in [-0.4, -0.2) is 42.5 Å². The first-order chi connectivity index (χ1) is 15.0. The van der Waals surface area contributed by atoms with Crippen molar-refractivity contribution in [2.24, 2.45) is 0 Å². The van der Waals surface area contributed by atoms with E-state index in [0.29, 0.717) is 17.1 Å². The number of rotatable bonds is 9. The number of ether oxygens (including phenoxy) is 2. The Bertz CT molecular complexity index is 899. The Morgan fingerprint density at radius 3 is 2.42 bits per heavy atom. The molecule has 1 saturated carbocycles. The van der Waals surface area contributed by atoms with Crippen LogP contribution in [0.5, 0.6) is 11.5 Å². The number of nitrogens with zero attached hydrogens (tertiary/aromatic N) is 1. The molecule has 1 aliphatic rings. The molecule has 1 unspecified atom stereocenters. The highest BCUT2D eigenvalue weighted by Crippen LogP contribution is 2.26. The fourth-order valence-electron chi connectivity index (χ4n) is 3.75. The number of para-hydroxylation sites is 2. The van der Waals surface area contributed by atoms with Crippen LogP contribution >= 0.6 is 0 Å². The van der Waals surface area contributed by atoms with Crippen LogP contribution in [0.3, 0.4) is 0 Å². The predicted molar refractivity (Wildman–Crippen MR) is 115 cm³/mol. The lowest BCUT2D eigenvalue weighted by Gasteiger charge is -2.29. The van der Waals surface area contributed by atoms with Gasteiger partial charge in [-0.05, 0) is 38.0 Å². The molecular formula is C24H29FN2O4. The summed E-state index contributed by atoms with van der Waals surface area (Å²) in [6, 6.07) is 12.6. The predicted octanol–water partition coefficient (Wildman–Crippen LogP) is 3.69. The highest BCUT2D eigenvalue weighted by molar-refractivity contribution is 5.88. The summed E-state index contributed by atoms with van der Waals surface area (Å²) < 4.78 is 25.2. The first-order valence-electron chi connectivity index (χ1n) is 10.6. The molecule has 166 valence electrons. The van der Waals surface area contributed by atoms with Gasteiger partial charge in [0.1, 0.15) is 11.9 Å². The van der Waals surface area contributed by atoms with Crippen molar-refractivity contribution >= 4 is 11.8 Å². The number of hydrogen-bond donors (Lipinski definition) is 1. The Morgan fingerprint density at radius 1 is 1.10 bits per heavy atom. The summed E-state index contributed by atoms with van der Waals surface area (Å²) in [5.41, 5.74) is 0.341. The molecule has 2 aromatic rings. The lowest BCUT2D eigenvalue weighted by Crippen LogP contribution is -2.50. The van der Waals surface area contributed by atoms with Gasteiger partial charge in [0.15, 0.2) is 18.1 Å². The van der Waals surface area contributed by atoms with Gasteiger partial charge in [0.05, 0.1) is 7.11 Å². The van der Waals surface area contributed by atoms with Gasteiger partial charge in [0.2, 0.25) is 5.91 Å². The van der Waals surface area contributed by atoms with E-state index in [1.165, 1.54) is 18.1 Å². The molecule has 3 rings (SSSR count). The van der Waals surface area contributed by atoms with Gasteiger partial charge in [0, 0.05) is 18.2 Å². The van der Waals surface area contributed by atoms with Gasteiger partial charge in [0.25, 0.3) is 5.91 Å². The van der Waals surface area contributed by atoms with E-state index in [1.807, 2.05) is 0 Å². The van der Waals surface area contributed by atoms with Crippen molar-refractivity contribution in [1.82, 2.24) is 10.2 Å². The summed E-state index contributed by atoms with van der Waals surface area (Å²) in [4.78, 5) is 27.3. The monoisotopic (exact) mass is 428 g/mol. The lowest BCUT2D eigenvalue weighted by molar-refractivity contribution is -0.142. The summed E-state index contributed by atoms with van der Waals surface area (Å²) in [7, 11) is 1.52. The molecule has 7 heteroatoms. The average Bonchev–Trinajstić information content (AvgIpc) is 3.29. The molecule has 0 aromatic heterocycles. The minimum atomic E-state index is -0.769. The minimum absolute atomic E-state index is 0.0277. The molecule has 1 atom stereocenters. The van der Waals surface area contributed by atoms with Gasteiger partial charge in [-0.3, -0.25) is 9.59 Å². The maximum atomic E-state index is 14.3. The van der Waals surface area contributed by atoms with Crippen LogP contribution in [0, 0.1) is 5.82 Å². The number of carbonyl (C=O) groups excluding carboxylic acids is 2. The standard InChI is InChI=1S/C24H29FN2O4/c1-17(24(29)26-19-10-4-5-11-19)27(15-18-9-3-6-12-20(18)25)23(28)16-31-22-14-8-7-13-21(22)30-2/h3,6-9,12-14,17,19H,4-5,10-11,15-16H2,1-2H3,(H,26,29). The molecule has 0 radical (unpaired) electrons. The van der Waals surface area contributed by atoms with Gasteiger partial charge in [-0.15, -0.1) is 0 Å². The Labute approximate surface area is 182 Å². The fraction of sp³-hybridized carbons (Fsp3) is 0.417. The number of benzene rings is 2. The number of hydrogen-bond acceptors (Lipinski definition) is 4. The summed E-state index contributed by atoms with van der Waals surface area (Å²) in [6.45, 7) is 1.34. The summed E-state index contributed by atoms with van der Waals surface area (Å²) >= 11 is 0.